The second-order valence-electron chi connectivity index (χ2n) is 5.52. The van der Waals surface area contributed by atoms with Gasteiger partial charge in [0.05, 0.1) is 5.84 Å². The Kier molecular flexibility index (Phi) is 5.22. The van der Waals surface area contributed by atoms with E-state index in [1.165, 1.54) is 0 Å². The van der Waals surface area contributed by atoms with E-state index >= 15 is 0 Å². The van der Waals surface area contributed by atoms with Crippen LogP contribution in [0, 0.1) is 10.8 Å². The highest BCUT2D eigenvalue weighted by molar-refractivity contribution is 7.99. The SMILES string of the molecule is CC(C)n1c(SCCCC(C)(C)C(=N)N)n[nH]c1=O. The molecule has 0 aliphatic rings. The van der Waals surface area contributed by atoms with Crippen LogP contribution < -0.4 is 11.4 Å². The lowest BCUT2D eigenvalue weighted by Gasteiger charge is -2.22. The minimum Gasteiger partial charge on any atom is -0.387 e. The number of H-pyrrole nitrogens is 1. The fraction of sp³-hybridized carbons (Fsp3) is 0.750. The van der Waals surface area contributed by atoms with Gasteiger partial charge in [0.1, 0.15) is 0 Å². The van der Waals surface area contributed by atoms with Crippen LogP contribution in [0.15, 0.2) is 9.95 Å². The third kappa shape index (κ3) is 4.12. The van der Waals surface area contributed by atoms with E-state index in [1.807, 2.05) is 27.7 Å². The van der Waals surface area contributed by atoms with Crippen molar-refractivity contribution in [3.8, 4) is 0 Å². The molecule has 4 N–H and O–H groups in total. The van der Waals surface area contributed by atoms with Gasteiger partial charge in [-0.25, -0.2) is 9.89 Å². The Hall–Kier alpha value is -1.24. The van der Waals surface area contributed by atoms with Crippen LogP contribution in [-0.2, 0) is 0 Å². The summed E-state index contributed by atoms with van der Waals surface area (Å²) in [6.07, 6.45) is 1.78. The molecule has 0 radical (unpaired) electrons. The van der Waals surface area contributed by atoms with Crippen LogP contribution in [0.5, 0.6) is 0 Å². The Bertz CT molecular complexity index is 489. The third-order valence-electron chi connectivity index (χ3n) is 3.09. The van der Waals surface area contributed by atoms with Gasteiger partial charge in [0.2, 0.25) is 0 Å². The Morgan fingerprint density at radius 3 is 2.74 bits per heavy atom. The number of nitrogens with zero attached hydrogens (tertiary/aromatic N) is 2. The van der Waals surface area contributed by atoms with E-state index in [-0.39, 0.29) is 23.0 Å². The van der Waals surface area contributed by atoms with Crippen molar-refractivity contribution < 1.29 is 0 Å². The van der Waals surface area contributed by atoms with Gasteiger partial charge in [0.15, 0.2) is 5.16 Å². The standard InChI is InChI=1S/C12H23N5OS/c1-8(2)17-10(18)15-16-11(17)19-7-5-6-12(3,4)9(13)14/h8H,5-7H2,1-4H3,(H3,13,14)(H,15,18). The van der Waals surface area contributed by atoms with Crippen molar-refractivity contribution in [1.29, 1.82) is 5.41 Å². The van der Waals surface area contributed by atoms with Crippen LogP contribution in [-0.4, -0.2) is 26.4 Å². The first-order valence-corrected chi connectivity index (χ1v) is 7.38. The summed E-state index contributed by atoms with van der Waals surface area (Å²) >= 11 is 1.56. The lowest BCUT2D eigenvalue weighted by molar-refractivity contribution is 0.464. The molecule has 0 aliphatic heterocycles. The highest BCUT2D eigenvalue weighted by Gasteiger charge is 2.21. The Labute approximate surface area is 117 Å². The second kappa shape index (κ2) is 6.27. The molecule has 1 aromatic rings. The first-order valence-electron chi connectivity index (χ1n) is 6.40. The fourth-order valence-electron chi connectivity index (χ4n) is 1.66. The molecule has 1 heterocycles. The summed E-state index contributed by atoms with van der Waals surface area (Å²) in [5.74, 6) is 1.07. The Balaban J connectivity index is 2.51. The zero-order chi connectivity index (χ0) is 14.6. The van der Waals surface area contributed by atoms with Gasteiger partial charge in [0, 0.05) is 17.2 Å². The minimum atomic E-state index is -0.260. The molecule has 19 heavy (non-hydrogen) atoms. The largest absolute Gasteiger partial charge is 0.387 e. The molecule has 0 fully saturated rings. The van der Waals surface area contributed by atoms with Gasteiger partial charge in [0.25, 0.3) is 0 Å². The Morgan fingerprint density at radius 2 is 2.21 bits per heavy atom. The lowest BCUT2D eigenvalue weighted by Crippen LogP contribution is -2.30. The van der Waals surface area contributed by atoms with Crippen molar-refractivity contribution in [3.63, 3.8) is 0 Å². The van der Waals surface area contributed by atoms with E-state index < -0.39 is 0 Å². The first-order chi connectivity index (χ1) is 8.75. The van der Waals surface area contributed by atoms with Gasteiger partial charge in [-0.3, -0.25) is 9.98 Å². The molecule has 1 aromatic heterocycles. The maximum atomic E-state index is 11.5. The molecular formula is C12H23N5OS. The van der Waals surface area contributed by atoms with E-state index in [0.717, 1.165) is 23.8 Å². The summed E-state index contributed by atoms with van der Waals surface area (Å²) < 4.78 is 1.65. The molecule has 7 heteroatoms. The number of hydrogen-bond acceptors (Lipinski definition) is 4. The molecule has 1 rings (SSSR count). The predicted molar refractivity (Wildman–Crippen MR) is 78.9 cm³/mol. The predicted octanol–water partition coefficient (Wildman–Crippen LogP) is 1.99. The van der Waals surface area contributed by atoms with Crippen LogP contribution in [0.4, 0.5) is 0 Å². The molecule has 0 aromatic carbocycles. The van der Waals surface area contributed by atoms with Crippen LogP contribution in [0.3, 0.4) is 0 Å². The summed E-state index contributed by atoms with van der Waals surface area (Å²) in [6, 6.07) is 0.0995. The molecule has 0 aliphatic carbocycles. The van der Waals surface area contributed by atoms with Crippen molar-refractivity contribution >= 4 is 17.6 Å². The summed E-state index contributed by atoms with van der Waals surface area (Å²) in [4.78, 5) is 11.5. The third-order valence-corrected chi connectivity index (χ3v) is 4.13. The molecule has 108 valence electrons. The number of aromatic amines is 1. The number of aromatic nitrogens is 3. The number of hydrogen-bond donors (Lipinski definition) is 3. The van der Waals surface area contributed by atoms with E-state index in [2.05, 4.69) is 10.2 Å². The molecule has 0 bridgehead atoms. The topological polar surface area (TPSA) is 101 Å². The Morgan fingerprint density at radius 1 is 1.58 bits per heavy atom. The quantitative estimate of drug-likeness (QED) is 0.308. The molecule has 0 spiro atoms. The number of rotatable bonds is 7. The highest BCUT2D eigenvalue weighted by atomic mass is 32.2. The number of nitrogens with two attached hydrogens (primary N) is 1. The highest BCUT2D eigenvalue weighted by Crippen LogP contribution is 2.25. The minimum absolute atomic E-state index is 0.0995. The summed E-state index contributed by atoms with van der Waals surface area (Å²) in [5.41, 5.74) is 5.12. The maximum absolute atomic E-state index is 11.5. The second-order valence-corrected chi connectivity index (χ2v) is 6.59. The maximum Gasteiger partial charge on any atom is 0.344 e. The zero-order valence-corrected chi connectivity index (χ0v) is 12.8. The summed E-state index contributed by atoms with van der Waals surface area (Å²) in [7, 11) is 0. The zero-order valence-electron chi connectivity index (χ0n) is 12.0. The van der Waals surface area contributed by atoms with E-state index in [0.29, 0.717) is 0 Å². The van der Waals surface area contributed by atoms with Crippen LogP contribution in [0.25, 0.3) is 0 Å². The van der Waals surface area contributed by atoms with Gasteiger partial charge in [-0.15, -0.1) is 5.10 Å². The van der Waals surface area contributed by atoms with E-state index in [4.69, 9.17) is 11.1 Å². The molecule has 0 saturated heterocycles. The van der Waals surface area contributed by atoms with Crippen molar-refractivity contribution in [2.45, 2.75) is 51.7 Å². The number of nitrogens with one attached hydrogen (secondary N) is 2. The molecule has 0 amide bonds. The molecule has 0 unspecified atom stereocenters. The monoisotopic (exact) mass is 285 g/mol. The smallest absolute Gasteiger partial charge is 0.344 e. The molecule has 6 nitrogen and oxygen atoms in total. The van der Waals surface area contributed by atoms with Gasteiger partial charge in [-0.1, -0.05) is 25.6 Å². The van der Waals surface area contributed by atoms with Crippen molar-refractivity contribution in [1.82, 2.24) is 14.8 Å². The average Bonchev–Trinajstić information content (AvgIpc) is 2.66. The normalized spacial score (nSPS) is 12.1. The fourth-order valence-corrected chi connectivity index (χ4v) is 2.67. The van der Waals surface area contributed by atoms with Gasteiger partial charge < -0.3 is 5.73 Å². The summed E-state index contributed by atoms with van der Waals surface area (Å²) in [6.45, 7) is 7.86. The van der Waals surface area contributed by atoms with Crippen LogP contribution >= 0.6 is 11.8 Å². The number of thioether (sulfide) groups is 1. The average molecular weight is 285 g/mol. The van der Waals surface area contributed by atoms with Gasteiger partial charge in [-0.2, -0.15) is 0 Å². The van der Waals surface area contributed by atoms with Crippen molar-refractivity contribution in [2.24, 2.45) is 11.1 Å². The van der Waals surface area contributed by atoms with Crippen molar-refractivity contribution in [2.75, 3.05) is 5.75 Å². The van der Waals surface area contributed by atoms with Crippen molar-refractivity contribution in [3.05, 3.63) is 10.5 Å². The van der Waals surface area contributed by atoms with Crippen LogP contribution in [0.1, 0.15) is 46.6 Å². The lowest BCUT2D eigenvalue weighted by atomic mass is 9.87. The molecular weight excluding hydrogens is 262 g/mol. The van der Waals surface area contributed by atoms with Gasteiger partial charge in [-0.05, 0) is 26.7 Å². The summed E-state index contributed by atoms with van der Waals surface area (Å²) in [5, 5.41) is 14.7. The molecule has 0 atom stereocenters. The van der Waals surface area contributed by atoms with Gasteiger partial charge >= 0.3 is 5.69 Å². The number of amidine groups is 1. The van der Waals surface area contributed by atoms with E-state index in [1.54, 1.807) is 16.3 Å². The van der Waals surface area contributed by atoms with E-state index in [9.17, 15) is 4.79 Å². The van der Waals surface area contributed by atoms with Crippen LogP contribution in [0.2, 0.25) is 0 Å². The molecule has 0 saturated carbocycles. The first kappa shape index (κ1) is 15.8.